The smallest absolute Gasteiger partial charge is 0.329 e. The summed E-state index contributed by atoms with van der Waals surface area (Å²) >= 11 is 0. The molecule has 4 N–H and O–H groups in total. The molecule has 3 amide bonds. The van der Waals surface area contributed by atoms with Crippen LogP contribution in [0.5, 0.6) is 0 Å². The SMILES string of the molecule is CCc1ccc([C@@H](NC(=O)COC(=O)[C@H](Cc2ccccc2)NC(N)=O)C(C)C)cc1. The number of nitrogens with one attached hydrogen (secondary N) is 2. The van der Waals surface area contributed by atoms with Crippen LogP contribution in [-0.4, -0.2) is 30.6 Å². The minimum Gasteiger partial charge on any atom is -0.454 e. The third kappa shape index (κ3) is 7.77. The standard InChI is InChI=1S/C24H31N3O4/c1-4-17-10-12-19(13-11-17)22(16(2)3)27-21(28)15-31-23(29)20(26-24(25)30)14-18-8-6-5-7-9-18/h5-13,16,20,22H,4,14-15H2,1-3H3,(H,27,28)(H3,25,26,30)/t20-,22-/m0/s1. The monoisotopic (exact) mass is 425 g/mol. The first-order valence-corrected chi connectivity index (χ1v) is 10.4. The molecule has 166 valence electrons. The van der Waals surface area contributed by atoms with Gasteiger partial charge in [-0.25, -0.2) is 9.59 Å². The summed E-state index contributed by atoms with van der Waals surface area (Å²) in [6, 6.07) is 15.2. The van der Waals surface area contributed by atoms with E-state index < -0.39 is 30.6 Å². The van der Waals surface area contributed by atoms with Gasteiger partial charge in [-0.2, -0.15) is 0 Å². The van der Waals surface area contributed by atoms with Crippen LogP contribution in [0.25, 0.3) is 0 Å². The zero-order valence-electron chi connectivity index (χ0n) is 18.3. The van der Waals surface area contributed by atoms with Gasteiger partial charge in [-0.1, -0.05) is 75.4 Å². The Morgan fingerprint density at radius 2 is 1.58 bits per heavy atom. The lowest BCUT2D eigenvalue weighted by Gasteiger charge is -2.23. The highest BCUT2D eigenvalue weighted by Gasteiger charge is 2.24. The van der Waals surface area contributed by atoms with Crippen molar-refractivity contribution in [3.63, 3.8) is 0 Å². The van der Waals surface area contributed by atoms with Gasteiger partial charge in [0.25, 0.3) is 5.91 Å². The summed E-state index contributed by atoms with van der Waals surface area (Å²) in [7, 11) is 0. The number of hydrogen-bond acceptors (Lipinski definition) is 4. The van der Waals surface area contributed by atoms with E-state index in [9.17, 15) is 14.4 Å². The number of nitrogens with two attached hydrogens (primary N) is 1. The van der Waals surface area contributed by atoms with Gasteiger partial charge in [-0.05, 0) is 29.0 Å². The molecule has 7 nitrogen and oxygen atoms in total. The first-order chi connectivity index (χ1) is 14.8. The lowest BCUT2D eigenvalue weighted by atomic mass is 9.95. The Morgan fingerprint density at radius 1 is 0.935 bits per heavy atom. The predicted octanol–water partition coefficient (Wildman–Crippen LogP) is 2.89. The van der Waals surface area contributed by atoms with E-state index in [1.165, 1.54) is 5.56 Å². The number of benzene rings is 2. The van der Waals surface area contributed by atoms with Crippen LogP contribution in [0.2, 0.25) is 0 Å². The Morgan fingerprint density at radius 3 is 2.13 bits per heavy atom. The zero-order chi connectivity index (χ0) is 22.8. The number of urea groups is 1. The van der Waals surface area contributed by atoms with Crippen LogP contribution in [0, 0.1) is 5.92 Å². The number of rotatable bonds is 10. The molecule has 2 aromatic rings. The fourth-order valence-corrected chi connectivity index (χ4v) is 3.26. The van der Waals surface area contributed by atoms with E-state index >= 15 is 0 Å². The maximum absolute atomic E-state index is 12.5. The lowest BCUT2D eigenvalue weighted by Crippen LogP contribution is -2.46. The molecule has 0 bridgehead atoms. The van der Waals surface area contributed by atoms with Crippen molar-refractivity contribution in [3.8, 4) is 0 Å². The molecule has 0 spiro atoms. The number of ether oxygens (including phenoxy) is 1. The van der Waals surface area contributed by atoms with Gasteiger partial charge in [-0.3, -0.25) is 4.79 Å². The van der Waals surface area contributed by atoms with Crippen LogP contribution in [0.15, 0.2) is 54.6 Å². The van der Waals surface area contributed by atoms with Crippen molar-refractivity contribution in [3.05, 3.63) is 71.3 Å². The molecular formula is C24H31N3O4. The molecule has 0 unspecified atom stereocenters. The number of primary amides is 1. The number of amides is 3. The number of carbonyl (C=O) groups is 3. The summed E-state index contributed by atoms with van der Waals surface area (Å²) in [6.45, 7) is 5.67. The van der Waals surface area contributed by atoms with Crippen molar-refractivity contribution in [2.75, 3.05) is 6.61 Å². The van der Waals surface area contributed by atoms with Crippen LogP contribution in [0.3, 0.4) is 0 Å². The summed E-state index contributed by atoms with van der Waals surface area (Å²) in [6.07, 6.45) is 1.15. The topological polar surface area (TPSA) is 111 Å². The van der Waals surface area contributed by atoms with Crippen molar-refractivity contribution in [2.45, 2.75) is 45.7 Å². The van der Waals surface area contributed by atoms with Crippen molar-refractivity contribution in [2.24, 2.45) is 11.7 Å². The van der Waals surface area contributed by atoms with Crippen LogP contribution in [0.1, 0.15) is 43.5 Å². The Labute approximate surface area is 183 Å². The van der Waals surface area contributed by atoms with Gasteiger partial charge in [0.1, 0.15) is 6.04 Å². The molecular weight excluding hydrogens is 394 g/mol. The normalized spacial score (nSPS) is 12.6. The molecule has 31 heavy (non-hydrogen) atoms. The lowest BCUT2D eigenvalue weighted by molar-refractivity contribution is -0.150. The second-order valence-electron chi connectivity index (χ2n) is 7.74. The van der Waals surface area contributed by atoms with Crippen molar-refractivity contribution in [1.29, 1.82) is 0 Å². The highest BCUT2D eigenvalue weighted by atomic mass is 16.5. The molecule has 0 aromatic heterocycles. The van der Waals surface area contributed by atoms with Crippen LogP contribution < -0.4 is 16.4 Å². The number of hydrogen-bond donors (Lipinski definition) is 3. The summed E-state index contributed by atoms with van der Waals surface area (Å²) < 4.78 is 5.17. The van der Waals surface area contributed by atoms with Gasteiger partial charge >= 0.3 is 12.0 Å². The molecule has 0 aliphatic rings. The average molecular weight is 426 g/mol. The fourth-order valence-electron chi connectivity index (χ4n) is 3.26. The Kier molecular flexibility index (Phi) is 9.06. The largest absolute Gasteiger partial charge is 0.454 e. The van der Waals surface area contributed by atoms with E-state index in [2.05, 4.69) is 17.6 Å². The van der Waals surface area contributed by atoms with Crippen molar-refractivity contribution in [1.82, 2.24) is 10.6 Å². The Balaban J connectivity index is 1.97. The van der Waals surface area contributed by atoms with Crippen molar-refractivity contribution < 1.29 is 19.1 Å². The summed E-state index contributed by atoms with van der Waals surface area (Å²) in [5.41, 5.74) is 8.23. The van der Waals surface area contributed by atoms with Crippen molar-refractivity contribution >= 4 is 17.9 Å². The van der Waals surface area contributed by atoms with Gasteiger partial charge in [0.05, 0.1) is 6.04 Å². The molecule has 0 radical (unpaired) electrons. The van der Waals surface area contributed by atoms with Gasteiger partial charge in [0.2, 0.25) is 0 Å². The van der Waals surface area contributed by atoms with Gasteiger partial charge in [0.15, 0.2) is 6.61 Å². The average Bonchev–Trinajstić information content (AvgIpc) is 2.75. The molecule has 0 saturated heterocycles. The third-order valence-electron chi connectivity index (χ3n) is 4.96. The third-order valence-corrected chi connectivity index (χ3v) is 4.96. The molecule has 0 saturated carbocycles. The van der Waals surface area contributed by atoms with E-state index in [1.54, 1.807) is 0 Å². The quantitative estimate of drug-likeness (QED) is 0.508. The Bertz CT molecular complexity index is 866. The van der Waals surface area contributed by atoms with Crippen LogP contribution >= 0.6 is 0 Å². The van der Waals surface area contributed by atoms with Gasteiger partial charge < -0.3 is 21.1 Å². The van der Waals surface area contributed by atoms with E-state index in [0.29, 0.717) is 0 Å². The van der Waals surface area contributed by atoms with E-state index in [4.69, 9.17) is 10.5 Å². The molecule has 0 aliphatic carbocycles. The minimum absolute atomic E-state index is 0.148. The number of aryl methyl sites for hydroxylation is 1. The summed E-state index contributed by atoms with van der Waals surface area (Å²) in [4.78, 5) is 36.2. The van der Waals surface area contributed by atoms with Gasteiger partial charge in [-0.15, -0.1) is 0 Å². The molecule has 0 fully saturated rings. The first-order valence-electron chi connectivity index (χ1n) is 10.4. The fraction of sp³-hybridized carbons (Fsp3) is 0.375. The zero-order valence-corrected chi connectivity index (χ0v) is 18.3. The molecule has 2 rings (SSSR count). The highest BCUT2D eigenvalue weighted by molar-refractivity contribution is 5.85. The number of esters is 1. The maximum Gasteiger partial charge on any atom is 0.329 e. The van der Waals surface area contributed by atoms with Crippen LogP contribution in [-0.2, 0) is 27.2 Å². The first kappa shape index (κ1) is 23.9. The maximum atomic E-state index is 12.5. The molecule has 0 aliphatic heterocycles. The summed E-state index contributed by atoms with van der Waals surface area (Å²) in [5, 5.41) is 5.31. The van der Waals surface area contributed by atoms with Gasteiger partial charge in [0, 0.05) is 6.42 Å². The summed E-state index contributed by atoms with van der Waals surface area (Å²) in [5.74, 6) is -0.982. The van der Waals surface area contributed by atoms with E-state index in [0.717, 1.165) is 17.5 Å². The minimum atomic E-state index is -0.977. The predicted molar refractivity (Wildman–Crippen MR) is 119 cm³/mol. The molecule has 7 heteroatoms. The second-order valence-corrected chi connectivity index (χ2v) is 7.74. The Hall–Kier alpha value is -3.35. The van der Waals surface area contributed by atoms with Crippen LogP contribution in [0.4, 0.5) is 4.79 Å². The van der Waals surface area contributed by atoms with E-state index in [-0.39, 0.29) is 18.4 Å². The molecule has 0 heterocycles. The molecule has 2 aromatic carbocycles. The van der Waals surface area contributed by atoms with E-state index in [1.807, 2.05) is 68.4 Å². The number of carbonyl (C=O) groups excluding carboxylic acids is 3. The highest BCUT2D eigenvalue weighted by Crippen LogP contribution is 2.22. The second kappa shape index (κ2) is 11.7. The molecule has 2 atom stereocenters.